The van der Waals surface area contributed by atoms with Crippen LogP contribution in [0.1, 0.15) is 32.1 Å². The second-order valence-corrected chi connectivity index (χ2v) is 4.74. The lowest BCUT2D eigenvalue weighted by atomic mass is 10.1. The number of nitrogens with zero attached hydrogens (tertiary/aromatic N) is 1. The van der Waals surface area contributed by atoms with Crippen LogP contribution in [0.25, 0.3) is 0 Å². The van der Waals surface area contributed by atoms with Gasteiger partial charge in [0.15, 0.2) is 0 Å². The molecule has 3 heteroatoms. The normalized spacial score (nSPS) is 28.4. The van der Waals surface area contributed by atoms with Crippen molar-refractivity contribution in [2.75, 3.05) is 39.3 Å². The molecular weight excluding hydrogens is 188 g/mol. The Kier molecular flexibility index (Phi) is 4.90. The van der Waals surface area contributed by atoms with E-state index in [1.807, 2.05) is 0 Å². The maximum atomic E-state index is 5.85. The summed E-state index contributed by atoms with van der Waals surface area (Å²) in [7, 11) is 0. The Morgan fingerprint density at radius 2 is 2.07 bits per heavy atom. The van der Waals surface area contributed by atoms with Crippen LogP contribution >= 0.6 is 0 Å². The molecule has 0 aromatic rings. The van der Waals surface area contributed by atoms with Gasteiger partial charge in [0.25, 0.3) is 0 Å². The van der Waals surface area contributed by atoms with Crippen LogP contribution in [0.2, 0.25) is 0 Å². The largest absolute Gasteiger partial charge is 0.377 e. The molecule has 1 N–H and O–H groups in total. The first-order valence-corrected chi connectivity index (χ1v) is 6.50. The van der Waals surface area contributed by atoms with E-state index in [0.29, 0.717) is 6.10 Å². The molecule has 3 nitrogen and oxygen atoms in total. The van der Waals surface area contributed by atoms with Gasteiger partial charge in [-0.1, -0.05) is 0 Å². The molecule has 0 radical (unpaired) electrons. The summed E-state index contributed by atoms with van der Waals surface area (Å²) in [5, 5.41) is 3.38. The third-order valence-corrected chi connectivity index (χ3v) is 3.42. The topological polar surface area (TPSA) is 24.5 Å². The Labute approximate surface area is 93.2 Å². The Morgan fingerprint density at radius 1 is 1.20 bits per heavy atom. The fourth-order valence-corrected chi connectivity index (χ4v) is 2.51. The number of hydrogen-bond donors (Lipinski definition) is 1. The van der Waals surface area contributed by atoms with E-state index in [1.54, 1.807) is 0 Å². The van der Waals surface area contributed by atoms with Crippen molar-refractivity contribution in [1.82, 2.24) is 10.2 Å². The van der Waals surface area contributed by atoms with Crippen molar-refractivity contribution >= 4 is 0 Å². The van der Waals surface area contributed by atoms with E-state index in [2.05, 4.69) is 10.2 Å². The molecule has 0 spiro atoms. The average molecular weight is 212 g/mol. The number of ether oxygens (including phenoxy) is 1. The van der Waals surface area contributed by atoms with E-state index >= 15 is 0 Å². The van der Waals surface area contributed by atoms with E-state index < -0.39 is 0 Å². The molecule has 0 saturated carbocycles. The summed E-state index contributed by atoms with van der Waals surface area (Å²) in [5.74, 6) is 0. The molecule has 2 aliphatic heterocycles. The predicted octanol–water partition coefficient (Wildman–Crippen LogP) is 1.24. The highest BCUT2D eigenvalue weighted by atomic mass is 16.5. The first-order chi connectivity index (χ1) is 7.45. The standard InChI is InChI=1S/C12H24N2O/c1-2-8-14(7-1)9-4-10-15-12-5-3-6-13-11-12/h12-13H,1-11H2. The quantitative estimate of drug-likeness (QED) is 0.694. The molecule has 1 atom stereocenters. The summed E-state index contributed by atoms with van der Waals surface area (Å²) in [4.78, 5) is 2.56. The maximum absolute atomic E-state index is 5.85. The summed E-state index contributed by atoms with van der Waals surface area (Å²) in [6, 6.07) is 0. The molecule has 88 valence electrons. The minimum Gasteiger partial charge on any atom is -0.377 e. The fourth-order valence-electron chi connectivity index (χ4n) is 2.51. The van der Waals surface area contributed by atoms with Gasteiger partial charge >= 0.3 is 0 Å². The van der Waals surface area contributed by atoms with Crippen molar-refractivity contribution in [3.8, 4) is 0 Å². The van der Waals surface area contributed by atoms with Crippen LogP contribution in [0.15, 0.2) is 0 Å². The molecule has 0 amide bonds. The highest BCUT2D eigenvalue weighted by Gasteiger charge is 2.14. The summed E-state index contributed by atoms with van der Waals surface area (Å²) in [6.07, 6.45) is 7.00. The first-order valence-electron chi connectivity index (χ1n) is 6.50. The zero-order valence-corrected chi connectivity index (χ0v) is 9.71. The molecule has 2 rings (SSSR count). The summed E-state index contributed by atoms with van der Waals surface area (Å²) in [5.41, 5.74) is 0. The number of piperidine rings is 1. The van der Waals surface area contributed by atoms with Crippen molar-refractivity contribution in [3.05, 3.63) is 0 Å². The predicted molar refractivity (Wildman–Crippen MR) is 62.1 cm³/mol. The third kappa shape index (κ3) is 4.09. The molecular formula is C12H24N2O. The number of likely N-dealkylation sites (tertiary alicyclic amines) is 1. The van der Waals surface area contributed by atoms with Gasteiger partial charge in [-0.3, -0.25) is 0 Å². The van der Waals surface area contributed by atoms with Crippen LogP contribution in [0.4, 0.5) is 0 Å². The van der Waals surface area contributed by atoms with Gasteiger partial charge in [-0.2, -0.15) is 0 Å². The van der Waals surface area contributed by atoms with Crippen LogP contribution in [0.3, 0.4) is 0 Å². The monoisotopic (exact) mass is 212 g/mol. The minimum atomic E-state index is 0.484. The molecule has 0 aliphatic carbocycles. The van der Waals surface area contributed by atoms with Gasteiger partial charge in [-0.25, -0.2) is 0 Å². The van der Waals surface area contributed by atoms with Crippen LogP contribution in [-0.2, 0) is 4.74 Å². The van der Waals surface area contributed by atoms with Crippen LogP contribution in [0.5, 0.6) is 0 Å². The molecule has 0 aromatic heterocycles. The highest BCUT2D eigenvalue weighted by Crippen LogP contribution is 2.09. The van der Waals surface area contributed by atoms with Gasteiger partial charge in [-0.05, 0) is 51.7 Å². The lowest BCUT2D eigenvalue weighted by molar-refractivity contribution is 0.0325. The summed E-state index contributed by atoms with van der Waals surface area (Å²) in [6.45, 7) is 7.04. The van der Waals surface area contributed by atoms with E-state index in [-0.39, 0.29) is 0 Å². The van der Waals surface area contributed by atoms with E-state index in [0.717, 1.165) is 13.2 Å². The van der Waals surface area contributed by atoms with E-state index in [4.69, 9.17) is 4.74 Å². The van der Waals surface area contributed by atoms with Gasteiger partial charge in [-0.15, -0.1) is 0 Å². The second kappa shape index (κ2) is 6.46. The van der Waals surface area contributed by atoms with Crippen molar-refractivity contribution < 1.29 is 4.74 Å². The van der Waals surface area contributed by atoms with Crippen molar-refractivity contribution in [2.45, 2.75) is 38.2 Å². The number of nitrogens with one attached hydrogen (secondary N) is 1. The van der Waals surface area contributed by atoms with Gasteiger partial charge in [0.1, 0.15) is 0 Å². The van der Waals surface area contributed by atoms with Gasteiger partial charge in [0, 0.05) is 19.7 Å². The van der Waals surface area contributed by atoms with Gasteiger partial charge in [0.05, 0.1) is 6.10 Å². The third-order valence-electron chi connectivity index (χ3n) is 3.42. The van der Waals surface area contributed by atoms with Gasteiger partial charge in [0.2, 0.25) is 0 Å². The van der Waals surface area contributed by atoms with Crippen LogP contribution < -0.4 is 5.32 Å². The lowest BCUT2D eigenvalue weighted by Crippen LogP contribution is -2.35. The number of rotatable bonds is 5. The summed E-state index contributed by atoms with van der Waals surface area (Å²) >= 11 is 0. The zero-order valence-electron chi connectivity index (χ0n) is 9.71. The SMILES string of the molecule is C1CNCC(OCCCN2CCCC2)C1. The lowest BCUT2D eigenvalue weighted by Gasteiger charge is -2.23. The molecule has 0 bridgehead atoms. The Morgan fingerprint density at radius 3 is 2.80 bits per heavy atom. The Hall–Kier alpha value is -0.120. The molecule has 2 heterocycles. The zero-order chi connectivity index (χ0) is 10.3. The van der Waals surface area contributed by atoms with Gasteiger partial charge < -0.3 is 15.0 Å². The van der Waals surface area contributed by atoms with Crippen LogP contribution in [-0.4, -0.2) is 50.3 Å². The van der Waals surface area contributed by atoms with Crippen molar-refractivity contribution in [3.63, 3.8) is 0 Å². The molecule has 2 fully saturated rings. The smallest absolute Gasteiger partial charge is 0.0699 e. The molecule has 2 aliphatic rings. The van der Waals surface area contributed by atoms with E-state index in [1.165, 1.54) is 58.3 Å². The fraction of sp³-hybridized carbons (Fsp3) is 1.00. The second-order valence-electron chi connectivity index (χ2n) is 4.74. The highest BCUT2D eigenvalue weighted by molar-refractivity contribution is 4.69. The first kappa shape index (κ1) is 11.4. The van der Waals surface area contributed by atoms with Crippen LogP contribution in [0, 0.1) is 0 Å². The van der Waals surface area contributed by atoms with Crippen molar-refractivity contribution in [1.29, 1.82) is 0 Å². The number of hydrogen-bond acceptors (Lipinski definition) is 3. The Bertz CT molecular complexity index is 163. The minimum absolute atomic E-state index is 0.484. The van der Waals surface area contributed by atoms with Crippen molar-refractivity contribution in [2.24, 2.45) is 0 Å². The molecule has 1 unspecified atom stereocenters. The molecule has 15 heavy (non-hydrogen) atoms. The average Bonchev–Trinajstić information content (AvgIpc) is 2.79. The van der Waals surface area contributed by atoms with E-state index in [9.17, 15) is 0 Å². The molecule has 0 aromatic carbocycles. The summed E-state index contributed by atoms with van der Waals surface area (Å²) < 4.78 is 5.85. The Balaban J connectivity index is 1.47. The molecule has 2 saturated heterocycles. The maximum Gasteiger partial charge on any atom is 0.0699 e.